The van der Waals surface area contributed by atoms with Crippen molar-refractivity contribution in [2.45, 2.75) is 1.96 Å². The first-order valence-corrected chi connectivity index (χ1v) is 15.0. The number of hydrogen-bond donors (Lipinski definition) is 3. The maximum absolute atomic E-state index is 11.2. The predicted molar refractivity (Wildman–Crippen MR) is 57.5 cm³/mol. The van der Waals surface area contributed by atoms with E-state index >= 15 is 0 Å². The van der Waals surface area contributed by atoms with Crippen LogP contribution in [0.25, 0.3) is 0 Å². The number of ether oxygens (including phenoxy) is 1. The first-order valence-electron chi connectivity index (χ1n) is 5.05. The Hall–Kier alpha value is -0.442. The van der Waals surface area contributed by atoms with Gasteiger partial charge < -0.3 is 0 Å². The molecule has 0 aliphatic carbocycles. The molecule has 0 bridgehead atoms. The van der Waals surface area contributed by atoms with Crippen molar-refractivity contribution >= 4 is 11.6 Å². The van der Waals surface area contributed by atoms with Gasteiger partial charge in [-0.1, -0.05) is 0 Å². The molecule has 84 valence electrons. The van der Waals surface area contributed by atoms with Crippen molar-refractivity contribution in [2.24, 2.45) is 5.73 Å². The zero-order chi connectivity index (χ0) is 12.1. The third-order valence-electron chi connectivity index (χ3n) is 2.17. The van der Waals surface area contributed by atoms with Crippen molar-refractivity contribution in [3.8, 4) is 11.5 Å². The minimum absolute atomic E-state index is 0.0288. The number of anilines is 1. The van der Waals surface area contributed by atoms with Gasteiger partial charge in [0.25, 0.3) is 0 Å². The van der Waals surface area contributed by atoms with Crippen LogP contribution in [0.4, 0.5) is 5.69 Å². The summed E-state index contributed by atoms with van der Waals surface area (Å²) in [6.45, 7) is 0. The van der Waals surface area contributed by atoms with Crippen molar-refractivity contribution in [3.63, 3.8) is 0 Å². The van der Waals surface area contributed by atoms with E-state index in [0.29, 0.717) is 5.69 Å². The number of hydrogen-bond acceptors (Lipinski definition) is 4. The summed E-state index contributed by atoms with van der Waals surface area (Å²) < 4.78 is 8.14. The molecular formula is C10H14N2O3Ra. The van der Waals surface area contributed by atoms with Crippen LogP contribution in [-0.4, -0.2) is 19.7 Å². The Morgan fingerprint density at radius 3 is 2.81 bits per heavy atom. The molecule has 0 unspecified atom stereocenters. The number of nitrogens with two attached hydrogens (primary N) is 1. The number of primary amides is 1. The quantitative estimate of drug-likeness (QED) is 0.602. The average Bonchev–Trinajstić information content (AvgIpc) is 2.26. The molecule has 1 rings (SSSR count). The monoisotopic (exact) mass is 436 g/mol. The molecule has 1 aromatic carbocycles. The second kappa shape index (κ2) is 6.33. The van der Waals surface area contributed by atoms with Crippen LogP contribution in [-0.2, 0) is 0 Å². The summed E-state index contributed by atoms with van der Waals surface area (Å²) in [6.07, 6.45) is 0. The number of amides is 1. The van der Waals surface area contributed by atoms with E-state index in [2.05, 4.69) is 7.28 Å². The molecule has 0 spiro atoms. The number of carbonyl (C=O) groups excluding carboxylic acids is 1. The van der Waals surface area contributed by atoms with Crippen LogP contribution in [0.3, 0.4) is 0 Å². The molecule has 0 aliphatic heterocycles. The molecule has 0 aliphatic rings. The first-order chi connectivity index (χ1) is 7.61. The Balaban J connectivity index is 3.15. The van der Waals surface area contributed by atoms with Gasteiger partial charge in [0, 0.05) is 0 Å². The van der Waals surface area contributed by atoms with Crippen molar-refractivity contribution in [1.29, 1.82) is 0 Å². The molecule has 1 aromatic rings. The zero-order valence-electron chi connectivity index (χ0n) is 9.41. The van der Waals surface area contributed by atoms with Gasteiger partial charge in [0.2, 0.25) is 0 Å². The minimum atomic E-state index is -0.865. The summed E-state index contributed by atoms with van der Waals surface area (Å²) in [5.74, 6) is -0.535. The summed E-state index contributed by atoms with van der Waals surface area (Å²) in [7, 11) is 1.43. The van der Waals surface area contributed by atoms with Crippen LogP contribution < -0.4 is 15.8 Å². The summed E-state index contributed by atoms with van der Waals surface area (Å²) in [6, 6.07) is 3.31. The molecule has 6 heteroatoms. The van der Waals surface area contributed by atoms with Gasteiger partial charge in [0.15, 0.2) is 0 Å². The standard InChI is InChI=1S/C9H11N2O3.CH3.Ra/c1-11-5-3-4-6(14-2)7(8(5)12)9(10)13;;/h3-4,11-12H,1H2,2H3,(H2,10,13);1H3;. The molecule has 0 heterocycles. The summed E-state index contributed by atoms with van der Waals surface area (Å²) in [5.41, 5.74) is 5.77. The number of methoxy groups -OCH3 is 1. The van der Waals surface area contributed by atoms with Gasteiger partial charge in [-0.25, -0.2) is 0 Å². The van der Waals surface area contributed by atoms with E-state index < -0.39 is 46.5 Å². The number of aromatic hydroxyl groups is 1. The van der Waals surface area contributed by atoms with Crippen LogP contribution in [0.5, 0.6) is 11.5 Å². The number of nitrogens with one attached hydrogen (secondary N) is 1. The van der Waals surface area contributed by atoms with E-state index in [1.54, 1.807) is 12.1 Å². The Kier molecular flexibility index (Phi) is 5.39. The van der Waals surface area contributed by atoms with Crippen molar-refractivity contribution in [1.82, 2.24) is 0 Å². The molecule has 0 fully saturated rings. The predicted octanol–water partition coefficient (Wildman–Crippen LogP) is 1.00. The second-order valence-corrected chi connectivity index (χ2v) is 9.49. The first kappa shape index (κ1) is 13.6. The SMILES string of the molecule is COc1ccc(N[CH2][Ra][CH3])c(O)c1C(N)=O. The molecule has 0 aromatic heterocycles. The normalized spacial score (nSPS) is 9.38. The second-order valence-electron chi connectivity index (χ2n) is 3.33. The molecular weight excluding hydrogens is 422 g/mol. The number of benzene rings is 1. The number of carbonyl (C=O) groups is 1. The fourth-order valence-electron chi connectivity index (χ4n) is 1.38. The van der Waals surface area contributed by atoms with Crippen molar-refractivity contribution < 1.29 is 55.2 Å². The maximum atomic E-state index is 11.2. The van der Waals surface area contributed by atoms with Gasteiger partial charge in [-0.3, -0.25) is 0 Å². The summed E-state index contributed by atoms with van der Waals surface area (Å²) in [4.78, 5) is 11.2. The summed E-state index contributed by atoms with van der Waals surface area (Å²) in [5, 5.41) is 13.0. The van der Waals surface area contributed by atoms with Gasteiger partial charge in [0.1, 0.15) is 0 Å². The zero-order valence-corrected chi connectivity index (χ0v) is 15.2. The van der Waals surface area contributed by atoms with E-state index in [-0.39, 0.29) is 17.1 Å². The van der Waals surface area contributed by atoms with Crippen LogP contribution >= 0.6 is 0 Å². The fourth-order valence-corrected chi connectivity index (χ4v) is 3.52. The van der Waals surface area contributed by atoms with Crippen LogP contribution in [0.2, 0.25) is 1.96 Å². The van der Waals surface area contributed by atoms with Crippen LogP contribution in [0.15, 0.2) is 12.1 Å². The van der Waals surface area contributed by atoms with Gasteiger partial charge in [-0.2, -0.15) is 0 Å². The van der Waals surface area contributed by atoms with Crippen molar-refractivity contribution in [3.05, 3.63) is 17.7 Å². The Morgan fingerprint density at radius 1 is 1.62 bits per heavy atom. The van der Waals surface area contributed by atoms with E-state index in [1.165, 1.54) is 7.11 Å². The Labute approximate surface area is 116 Å². The fraction of sp³-hybridized carbons (Fsp3) is 0.300. The molecule has 16 heavy (non-hydrogen) atoms. The van der Waals surface area contributed by atoms with E-state index in [0.717, 1.165) is 1.59 Å². The molecule has 0 saturated heterocycles. The number of rotatable bonds is 5. The molecule has 0 atom stereocenters. The molecule has 0 radical (unpaired) electrons. The molecule has 0 saturated carbocycles. The third kappa shape index (κ3) is 3.03. The van der Waals surface area contributed by atoms with Crippen LogP contribution in [0, 0.1) is 40.6 Å². The van der Waals surface area contributed by atoms with Gasteiger partial charge >= 0.3 is 118 Å². The average molecular weight is 436 g/mol. The Bertz CT molecular complexity index is 396. The van der Waals surface area contributed by atoms with E-state index in [9.17, 15) is 9.90 Å². The third-order valence-corrected chi connectivity index (χ3v) is 5.25. The van der Waals surface area contributed by atoms with Crippen LogP contribution in [0.1, 0.15) is 10.4 Å². The molecule has 4 N–H and O–H groups in total. The molecule has 1 amide bonds. The topological polar surface area (TPSA) is 84.6 Å². The number of phenols is 1. The van der Waals surface area contributed by atoms with Gasteiger partial charge in [-0.15, -0.1) is 0 Å². The molecule has 5 nitrogen and oxygen atoms in total. The van der Waals surface area contributed by atoms with Crippen molar-refractivity contribution in [2.75, 3.05) is 14.0 Å². The van der Waals surface area contributed by atoms with Gasteiger partial charge in [-0.05, 0) is 0 Å². The van der Waals surface area contributed by atoms with E-state index in [1.807, 2.05) is 0 Å². The van der Waals surface area contributed by atoms with Gasteiger partial charge in [0.05, 0.1) is 0 Å². The van der Waals surface area contributed by atoms with E-state index in [4.69, 9.17) is 10.5 Å². The summed E-state index contributed by atoms with van der Waals surface area (Å²) >= 11 is -0.865. The Morgan fingerprint density at radius 2 is 2.31 bits per heavy atom.